The van der Waals surface area contributed by atoms with Gasteiger partial charge in [0, 0.05) is 12.0 Å². The van der Waals surface area contributed by atoms with E-state index in [2.05, 4.69) is 42.5 Å². The molecule has 1 aromatic heterocycles. The van der Waals surface area contributed by atoms with Crippen molar-refractivity contribution in [2.45, 2.75) is 65.3 Å². The normalized spacial score (nSPS) is 11.6. The molecule has 0 aliphatic rings. The lowest BCUT2D eigenvalue weighted by molar-refractivity contribution is 0.477. The molecule has 0 atom stereocenters. The van der Waals surface area contributed by atoms with Gasteiger partial charge in [-0.05, 0) is 26.7 Å². The Bertz CT molecular complexity index is 272. The minimum atomic E-state index is 0.464. The first-order valence-corrected chi connectivity index (χ1v) is 6.10. The van der Waals surface area contributed by atoms with Crippen LogP contribution < -0.4 is 0 Å². The molecular formula is C12H23N3. The Balaban J connectivity index is 2.84. The topological polar surface area (TPSA) is 30.7 Å². The molecule has 0 radical (unpaired) electrons. The second-order valence-corrected chi connectivity index (χ2v) is 4.46. The number of hydrogen-bond donors (Lipinski definition) is 0. The second kappa shape index (κ2) is 5.89. The van der Waals surface area contributed by atoms with E-state index in [9.17, 15) is 0 Å². The summed E-state index contributed by atoms with van der Waals surface area (Å²) in [6, 6.07) is 0.464. The van der Waals surface area contributed by atoms with Crippen LogP contribution in [0, 0.1) is 0 Å². The lowest BCUT2D eigenvalue weighted by atomic mass is 9.97. The summed E-state index contributed by atoms with van der Waals surface area (Å²) < 4.78 is 2.20. The summed E-state index contributed by atoms with van der Waals surface area (Å²) in [7, 11) is 0. The van der Waals surface area contributed by atoms with Gasteiger partial charge in [0.2, 0.25) is 0 Å². The van der Waals surface area contributed by atoms with Crippen molar-refractivity contribution in [1.82, 2.24) is 14.8 Å². The third kappa shape index (κ3) is 3.05. The van der Waals surface area contributed by atoms with Crippen molar-refractivity contribution in [2.24, 2.45) is 0 Å². The Labute approximate surface area is 92.9 Å². The molecule has 86 valence electrons. The summed E-state index contributed by atoms with van der Waals surface area (Å²) in [6.07, 6.45) is 6.74. The lowest BCUT2D eigenvalue weighted by Crippen LogP contribution is -2.10. The molecule has 1 heterocycles. The van der Waals surface area contributed by atoms with E-state index in [0.717, 1.165) is 0 Å². The molecule has 1 rings (SSSR count). The van der Waals surface area contributed by atoms with Gasteiger partial charge in [0.25, 0.3) is 0 Å². The third-order valence-corrected chi connectivity index (χ3v) is 2.80. The molecule has 0 aliphatic carbocycles. The van der Waals surface area contributed by atoms with E-state index in [1.165, 1.54) is 31.5 Å². The Morgan fingerprint density at radius 2 is 1.80 bits per heavy atom. The fraction of sp³-hybridized carbons (Fsp3) is 0.833. The highest BCUT2D eigenvalue weighted by Crippen LogP contribution is 2.26. The minimum absolute atomic E-state index is 0.464. The van der Waals surface area contributed by atoms with Crippen molar-refractivity contribution < 1.29 is 0 Å². The van der Waals surface area contributed by atoms with Crippen molar-refractivity contribution in [1.29, 1.82) is 0 Å². The molecule has 0 amide bonds. The highest BCUT2D eigenvalue weighted by molar-refractivity contribution is 4.97. The van der Waals surface area contributed by atoms with Crippen molar-refractivity contribution in [3.63, 3.8) is 0 Å². The fourth-order valence-corrected chi connectivity index (χ4v) is 2.04. The van der Waals surface area contributed by atoms with Crippen LogP contribution in [0.1, 0.15) is 71.2 Å². The molecule has 0 fully saturated rings. The average molecular weight is 209 g/mol. The maximum atomic E-state index is 4.29. The van der Waals surface area contributed by atoms with Gasteiger partial charge in [0.15, 0.2) is 0 Å². The number of aromatic nitrogens is 3. The number of nitrogens with zero attached hydrogens (tertiary/aromatic N) is 3. The zero-order chi connectivity index (χ0) is 11.3. The van der Waals surface area contributed by atoms with Crippen LogP contribution in [0.4, 0.5) is 0 Å². The Morgan fingerprint density at radius 3 is 2.27 bits per heavy atom. The molecule has 1 aromatic rings. The zero-order valence-corrected chi connectivity index (χ0v) is 10.4. The van der Waals surface area contributed by atoms with E-state index >= 15 is 0 Å². The molecule has 0 spiro atoms. The van der Waals surface area contributed by atoms with E-state index in [1.54, 1.807) is 0 Å². The predicted molar refractivity (Wildman–Crippen MR) is 63.0 cm³/mol. The van der Waals surface area contributed by atoms with Crippen molar-refractivity contribution in [3.05, 3.63) is 12.2 Å². The average Bonchev–Trinajstić information content (AvgIpc) is 2.65. The van der Waals surface area contributed by atoms with E-state index in [0.29, 0.717) is 12.0 Å². The lowest BCUT2D eigenvalue weighted by Gasteiger charge is -2.17. The van der Waals surface area contributed by atoms with Crippen LogP contribution in [-0.4, -0.2) is 14.8 Å². The van der Waals surface area contributed by atoms with Crippen molar-refractivity contribution >= 4 is 0 Å². The van der Waals surface area contributed by atoms with Crippen LogP contribution in [-0.2, 0) is 0 Å². The molecular weight excluding hydrogens is 186 g/mol. The molecule has 15 heavy (non-hydrogen) atoms. The molecule has 0 saturated carbocycles. The van der Waals surface area contributed by atoms with Gasteiger partial charge in [-0.3, -0.25) is 0 Å². The van der Waals surface area contributed by atoms with Crippen LogP contribution >= 0.6 is 0 Å². The van der Waals surface area contributed by atoms with Gasteiger partial charge in [-0.2, -0.15) is 0 Å². The fourth-order valence-electron chi connectivity index (χ4n) is 2.04. The predicted octanol–water partition coefficient (Wildman–Crippen LogP) is 3.54. The Hall–Kier alpha value is -0.860. The van der Waals surface area contributed by atoms with E-state index < -0.39 is 0 Å². The zero-order valence-electron chi connectivity index (χ0n) is 10.4. The summed E-state index contributed by atoms with van der Waals surface area (Å²) >= 11 is 0. The van der Waals surface area contributed by atoms with Gasteiger partial charge >= 0.3 is 0 Å². The monoisotopic (exact) mass is 209 g/mol. The summed E-state index contributed by atoms with van der Waals surface area (Å²) in [5.41, 5.74) is 0. The molecule has 3 nitrogen and oxygen atoms in total. The maximum Gasteiger partial charge on any atom is 0.136 e. The molecule has 0 N–H and O–H groups in total. The van der Waals surface area contributed by atoms with Crippen LogP contribution in [0.3, 0.4) is 0 Å². The summed E-state index contributed by atoms with van der Waals surface area (Å²) in [5, 5.41) is 8.33. The van der Waals surface area contributed by atoms with Gasteiger partial charge in [0.05, 0.1) is 0 Å². The highest BCUT2D eigenvalue weighted by atomic mass is 15.3. The molecule has 3 heteroatoms. The first-order valence-electron chi connectivity index (χ1n) is 6.10. The standard InChI is InChI=1S/C12H23N3/c1-5-7-11(8-6-2)12-14-13-9-15(12)10(3)4/h9-11H,5-8H2,1-4H3. The Kier molecular flexibility index (Phi) is 4.79. The van der Waals surface area contributed by atoms with Crippen LogP contribution in [0.2, 0.25) is 0 Å². The quantitative estimate of drug-likeness (QED) is 0.717. The number of rotatable bonds is 6. The van der Waals surface area contributed by atoms with Crippen molar-refractivity contribution in [2.75, 3.05) is 0 Å². The van der Waals surface area contributed by atoms with Crippen LogP contribution in [0.5, 0.6) is 0 Å². The maximum absolute atomic E-state index is 4.29. The highest BCUT2D eigenvalue weighted by Gasteiger charge is 2.17. The number of hydrogen-bond acceptors (Lipinski definition) is 2. The first-order chi connectivity index (χ1) is 7.20. The largest absolute Gasteiger partial charge is 0.315 e. The summed E-state index contributed by atoms with van der Waals surface area (Å²) in [4.78, 5) is 0. The van der Waals surface area contributed by atoms with Gasteiger partial charge in [0.1, 0.15) is 12.2 Å². The van der Waals surface area contributed by atoms with Crippen molar-refractivity contribution in [3.8, 4) is 0 Å². The van der Waals surface area contributed by atoms with E-state index in [1.807, 2.05) is 6.33 Å². The van der Waals surface area contributed by atoms with Gasteiger partial charge < -0.3 is 4.57 Å². The Morgan fingerprint density at radius 1 is 1.20 bits per heavy atom. The van der Waals surface area contributed by atoms with E-state index in [4.69, 9.17) is 0 Å². The molecule has 0 aliphatic heterocycles. The van der Waals surface area contributed by atoms with Gasteiger partial charge in [-0.15, -0.1) is 10.2 Å². The van der Waals surface area contributed by atoms with Crippen LogP contribution in [0.15, 0.2) is 6.33 Å². The van der Waals surface area contributed by atoms with Gasteiger partial charge in [-0.25, -0.2) is 0 Å². The second-order valence-electron chi connectivity index (χ2n) is 4.46. The molecule has 0 saturated heterocycles. The summed E-state index contributed by atoms with van der Waals surface area (Å²) in [6.45, 7) is 8.83. The molecule has 0 bridgehead atoms. The third-order valence-electron chi connectivity index (χ3n) is 2.80. The first kappa shape index (κ1) is 12.2. The minimum Gasteiger partial charge on any atom is -0.315 e. The smallest absolute Gasteiger partial charge is 0.136 e. The van der Waals surface area contributed by atoms with Crippen LogP contribution in [0.25, 0.3) is 0 Å². The SMILES string of the molecule is CCCC(CCC)c1nncn1C(C)C. The van der Waals surface area contributed by atoms with E-state index in [-0.39, 0.29) is 0 Å². The molecule has 0 aromatic carbocycles. The summed E-state index contributed by atoms with van der Waals surface area (Å²) in [5.74, 6) is 1.76. The van der Waals surface area contributed by atoms with Gasteiger partial charge in [-0.1, -0.05) is 26.7 Å². The molecule has 0 unspecified atom stereocenters.